The predicted octanol–water partition coefficient (Wildman–Crippen LogP) is 3.36. The Morgan fingerprint density at radius 2 is 1.89 bits per heavy atom. The fourth-order valence-corrected chi connectivity index (χ4v) is 4.14. The van der Waals surface area contributed by atoms with E-state index >= 15 is 0 Å². The number of hydrogen-bond acceptors (Lipinski definition) is 5. The fourth-order valence-electron chi connectivity index (χ4n) is 3.01. The number of aromatic nitrogens is 1. The normalized spacial score (nSPS) is 12.0. The van der Waals surface area contributed by atoms with Crippen LogP contribution in [0.3, 0.4) is 0 Å². The number of nitrogens with two attached hydrogens (primary N) is 1. The Kier molecular flexibility index (Phi) is 6.59. The summed E-state index contributed by atoms with van der Waals surface area (Å²) in [5, 5.41) is 0.555. The lowest BCUT2D eigenvalue weighted by atomic mass is 9.97. The van der Waals surface area contributed by atoms with Gasteiger partial charge in [0.1, 0.15) is 12.4 Å². The molecule has 0 saturated carbocycles. The number of nitrogens with zero attached hydrogens (tertiary/aromatic N) is 1. The smallest absolute Gasteiger partial charge is 0.310 e. The van der Waals surface area contributed by atoms with E-state index in [1.165, 1.54) is 4.57 Å². The molecule has 1 aromatic heterocycles. The molecule has 146 valence electrons. The lowest BCUT2D eigenvalue weighted by Crippen LogP contribution is -2.32. The maximum Gasteiger partial charge on any atom is 0.310 e. The second-order valence-electron chi connectivity index (χ2n) is 6.52. The Balaban J connectivity index is 1.64. The molecule has 0 aliphatic heterocycles. The van der Waals surface area contributed by atoms with Gasteiger partial charge in [-0.25, -0.2) is 0 Å². The summed E-state index contributed by atoms with van der Waals surface area (Å²) in [6.45, 7) is 2.52. The molecule has 7 heteroatoms. The molecule has 0 fully saturated rings. The highest BCUT2D eigenvalue weighted by molar-refractivity contribution is 7.80. The van der Waals surface area contributed by atoms with Crippen LogP contribution in [0.15, 0.2) is 58.1 Å². The van der Waals surface area contributed by atoms with Crippen molar-refractivity contribution in [2.24, 2.45) is 11.7 Å². The van der Waals surface area contributed by atoms with Gasteiger partial charge in [-0.3, -0.25) is 14.2 Å². The molecule has 1 atom stereocenters. The summed E-state index contributed by atoms with van der Waals surface area (Å²) in [4.78, 5) is 25.0. The lowest BCUT2D eigenvalue weighted by Gasteiger charge is -2.13. The third-order valence-electron chi connectivity index (χ3n) is 4.66. The Morgan fingerprint density at radius 1 is 1.18 bits per heavy atom. The minimum atomic E-state index is -0.276. The molecule has 1 unspecified atom stereocenters. The molecule has 5 nitrogen and oxygen atoms in total. The minimum absolute atomic E-state index is 0.193. The summed E-state index contributed by atoms with van der Waals surface area (Å²) in [5.41, 5.74) is 6.62. The molecule has 28 heavy (non-hydrogen) atoms. The van der Waals surface area contributed by atoms with Crippen LogP contribution in [-0.4, -0.2) is 16.2 Å². The topological polar surface area (TPSA) is 74.3 Å². The van der Waals surface area contributed by atoms with Gasteiger partial charge in [0.05, 0.1) is 16.9 Å². The highest BCUT2D eigenvalue weighted by Gasteiger charge is 2.11. The summed E-state index contributed by atoms with van der Waals surface area (Å²) in [6, 6.07) is 14.9. The first-order valence-electron chi connectivity index (χ1n) is 9.13. The minimum Gasteiger partial charge on any atom is -0.492 e. The van der Waals surface area contributed by atoms with Gasteiger partial charge in [-0.05, 0) is 42.7 Å². The summed E-state index contributed by atoms with van der Waals surface area (Å²) in [6.07, 6.45) is 1.71. The average molecular weight is 415 g/mol. The van der Waals surface area contributed by atoms with Crippen LogP contribution in [0.1, 0.15) is 18.9 Å². The van der Waals surface area contributed by atoms with E-state index in [2.05, 4.69) is 6.92 Å². The quantitative estimate of drug-likeness (QED) is 0.572. The molecule has 0 aliphatic carbocycles. The van der Waals surface area contributed by atoms with Gasteiger partial charge in [0, 0.05) is 10.6 Å². The molecule has 0 saturated heterocycles. The van der Waals surface area contributed by atoms with E-state index in [4.69, 9.17) is 22.7 Å². The number of thiocarbonyl (C=S) groups is 1. The van der Waals surface area contributed by atoms with Crippen molar-refractivity contribution in [3.63, 3.8) is 0 Å². The predicted molar refractivity (Wildman–Crippen MR) is 119 cm³/mol. The fraction of sp³-hybridized carbons (Fsp3) is 0.286. The summed E-state index contributed by atoms with van der Waals surface area (Å²) in [5.74, 6) is 0.885. The molecule has 1 heterocycles. The number of benzene rings is 2. The number of ether oxygens (including phenoxy) is 1. The molecular weight excluding hydrogens is 392 g/mol. The van der Waals surface area contributed by atoms with E-state index in [0.717, 1.165) is 29.7 Å². The average Bonchev–Trinajstić information content (AvgIpc) is 2.69. The molecule has 2 aromatic carbocycles. The molecular formula is C21H22N2O3S2. The first-order chi connectivity index (χ1) is 13.5. The molecule has 0 amide bonds. The maximum absolute atomic E-state index is 12.5. The van der Waals surface area contributed by atoms with Crippen LogP contribution in [-0.2, 0) is 13.0 Å². The summed E-state index contributed by atoms with van der Waals surface area (Å²) < 4.78 is 7.65. The number of rotatable bonds is 8. The van der Waals surface area contributed by atoms with Crippen molar-refractivity contribution in [1.29, 1.82) is 0 Å². The zero-order chi connectivity index (χ0) is 20.1. The van der Waals surface area contributed by atoms with Gasteiger partial charge in [0.2, 0.25) is 0 Å². The van der Waals surface area contributed by atoms with Crippen LogP contribution >= 0.6 is 23.6 Å². The van der Waals surface area contributed by atoms with E-state index in [1.807, 2.05) is 30.3 Å². The molecule has 0 aliphatic rings. The molecule has 0 radical (unpaired) electrons. The van der Waals surface area contributed by atoms with Crippen LogP contribution < -0.4 is 20.9 Å². The van der Waals surface area contributed by atoms with Gasteiger partial charge in [-0.2, -0.15) is 0 Å². The summed E-state index contributed by atoms with van der Waals surface area (Å²) >= 11 is 6.17. The van der Waals surface area contributed by atoms with Gasteiger partial charge >= 0.3 is 4.87 Å². The van der Waals surface area contributed by atoms with Gasteiger partial charge in [0.15, 0.2) is 0 Å². The standard InChI is InChI=1S/C21H22N2O3S2/c1-2-15(19(22)27)13-14-7-9-16(10-8-14)26-12-11-23-20(24)17-5-3-4-6-18(17)28-21(23)25/h3-10,15H,2,11-13H2,1H3,(H2,22,27). The maximum atomic E-state index is 12.5. The highest BCUT2D eigenvalue weighted by atomic mass is 32.1. The van der Waals surface area contributed by atoms with E-state index < -0.39 is 0 Å². The van der Waals surface area contributed by atoms with E-state index in [0.29, 0.717) is 20.8 Å². The van der Waals surface area contributed by atoms with Crippen molar-refractivity contribution < 1.29 is 4.74 Å². The van der Waals surface area contributed by atoms with Gasteiger partial charge < -0.3 is 10.5 Å². The van der Waals surface area contributed by atoms with Gasteiger partial charge in [-0.1, -0.05) is 54.7 Å². The van der Waals surface area contributed by atoms with Gasteiger partial charge in [0.25, 0.3) is 5.56 Å². The second kappa shape index (κ2) is 9.12. The van der Waals surface area contributed by atoms with Crippen molar-refractivity contribution in [2.45, 2.75) is 26.3 Å². The lowest BCUT2D eigenvalue weighted by molar-refractivity contribution is 0.295. The van der Waals surface area contributed by atoms with Gasteiger partial charge in [-0.15, -0.1) is 0 Å². The monoisotopic (exact) mass is 414 g/mol. The third-order valence-corrected chi connectivity index (χ3v) is 5.97. The van der Waals surface area contributed by atoms with E-state index in [-0.39, 0.29) is 29.5 Å². The van der Waals surface area contributed by atoms with Crippen molar-refractivity contribution >= 4 is 38.6 Å². The Hall–Kier alpha value is -2.51. The van der Waals surface area contributed by atoms with Crippen molar-refractivity contribution in [1.82, 2.24) is 4.57 Å². The Morgan fingerprint density at radius 3 is 2.57 bits per heavy atom. The van der Waals surface area contributed by atoms with Crippen molar-refractivity contribution in [3.8, 4) is 5.75 Å². The molecule has 0 bridgehead atoms. The van der Waals surface area contributed by atoms with Crippen LogP contribution in [0, 0.1) is 5.92 Å². The molecule has 0 spiro atoms. The molecule has 2 N–H and O–H groups in total. The zero-order valence-electron chi connectivity index (χ0n) is 15.6. The van der Waals surface area contributed by atoms with Crippen LogP contribution in [0.2, 0.25) is 0 Å². The van der Waals surface area contributed by atoms with Crippen molar-refractivity contribution in [2.75, 3.05) is 6.61 Å². The van der Waals surface area contributed by atoms with E-state index in [1.54, 1.807) is 18.2 Å². The Bertz CT molecular complexity index is 1090. The van der Waals surface area contributed by atoms with Crippen LogP contribution in [0.5, 0.6) is 5.75 Å². The summed E-state index contributed by atoms with van der Waals surface area (Å²) in [7, 11) is 0. The number of fused-ring (bicyclic) bond motifs is 1. The zero-order valence-corrected chi connectivity index (χ0v) is 17.2. The van der Waals surface area contributed by atoms with Crippen LogP contribution in [0.25, 0.3) is 10.1 Å². The highest BCUT2D eigenvalue weighted by Crippen LogP contribution is 2.17. The first kappa shape index (κ1) is 20.2. The molecule has 3 aromatic rings. The van der Waals surface area contributed by atoms with E-state index in [9.17, 15) is 9.59 Å². The Labute approximate surface area is 172 Å². The largest absolute Gasteiger partial charge is 0.492 e. The number of hydrogen-bond donors (Lipinski definition) is 1. The van der Waals surface area contributed by atoms with Crippen LogP contribution in [0.4, 0.5) is 0 Å². The second-order valence-corrected chi connectivity index (χ2v) is 7.99. The third kappa shape index (κ3) is 4.66. The SMILES string of the molecule is CCC(Cc1ccc(OCCn2c(=O)sc3ccccc3c2=O)cc1)C(N)=S. The van der Waals surface area contributed by atoms with Crippen molar-refractivity contribution in [3.05, 3.63) is 74.1 Å². The molecule has 3 rings (SSSR count). The first-order valence-corrected chi connectivity index (χ1v) is 10.4.